The molecule has 0 atom stereocenters. The van der Waals surface area contributed by atoms with Crippen LogP contribution in [0, 0.1) is 0 Å². The summed E-state index contributed by atoms with van der Waals surface area (Å²) < 4.78 is 30.6. The molecule has 2 aromatic carbocycles. The molecule has 0 amide bonds. The number of nitrogens with zero attached hydrogens (tertiary/aromatic N) is 3. The summed E-state index contributed by atoms with van der Waals surface area (Å²) in [4.78, 5) is 11.2. The zero-order valence-electron chi connectivity index (χ0n) is 12.2. The van der Waals surface area contributed by atoms with Crippen molar-refractivity contribution >= 4 is 44.6 Å². The molecule has 3 rings (SSSR count). The lowest BCUT2D eigenvalue weighted by Crippen LogP contribution is -2.02. The van der Waals surface area contributed by atoms with Crippen LogP contribution in [0.2, 0.25) is 15.6 Å². The van der Waals surface area contributed by atoms with E-state index in [2.05, 4.69) is 15.0 Å². The Labute approximate surface area is 158 Å². The van der Waals surface area contributed by atoms with Gasteiger partial charge in [-0.2, -0.15) is 15.0 Å². The molecule has 0 radical (unpaired) electrons. The Hall–Kier alpha value is -1.93. The number of halogens is 3. The Morgan fingerprint density at radius 3 is 2.00 bits per heavy atom. The molecule has 0 fully saturated rings. The summed E-state index contributed by atoms with van der Waals surface area (Å²) >= 11 is 17.3. The average molecular weight is 417 g/mol. The van der Waals surface area contributed by atoms with Gasteiger partial charge in [0.25, 0.3) is 0 Å². The van der Waals surface area contributed by atoms with Crippen molar-refractivity contribution in [3.63, 3.8) is 0 Å². The van der Waals surface area contributed by atoms with E-state index in [4.69, 9.17) is 39.5 Å². The summed E-state index contributed by atoms with van der Waals surface area (Å²) in [5.41, 5.74) is 0. The van der Waals surface area contributed by atoms with Crippen molar-refractivity contribution in [3.8, 4) is 11.8 Å². The van der Waals surface area contributed by atoms with E-state index in [-0.39, 0.29) is 31.4 Å². The predicted molar refractivity (Wildman–Crippen MR) is 93.3 cm³/mol. The first-order chi connectivity index (χ1) is 11.9. The lowest BCUT2D eigenvalue weighted by atomic mass is 10.3. The largest absolute Gasteiger partial charge is 0.424 e. The molecular formula is C15H8Cl3N3O3S. The van der Waals surface area contributed by atoms with Crippen molar-refractivity contribution in [3.05, 3.63) is 64.1 Å². The van der Waals surface area contributed by atoms with Crippen LogP contribution in [0.25, 0.3) is 0 Å². The zero-order valence-corrected chi connectivity index (χ0v) is 15.3. The molecule has 3 aromatic rings. The van der Waals surface area contributed by atoms with Gasteiger partial charge in [-0.1, -0.05) is 23.7 Å². The molecule has 0 saturated carbocycles. The van der Waals surface area contributed by atoms with Gasteiger partial charge >= 0.3 is 6.01 Å². The summed E-state index contributed by atoms with van der Waals surface area (Å²) in [7, 11) is -3.74. The van der Waals surface area contributed by atoms with Gasteiger partial charge in [-0.15, -0.1) is 0 Å². The normalized spacial score (nSPS) is 11.3. The van der Waals surface area contributed by atoms with Gasteiger partial charge in [0.2, 0.25) is 20.4 Å². The highest BCUT2D eigenvalue weighted by atomic mass is 35.5. The third-order valence-corrected chi connectivity index (χ3v) is 5.64. The maximum atomic E-state index is 12.6. The molecular weight excluding hydrogens is 409 g/mol. The molecule has 0 spiro atoms. The van der Waals surface area contributed by atoms with Gasteiger partial charge in [-0.3, -0.25) is 0 Å². The number of hydrogen-bond acceptors (Lipinski definition) is 6. The third-order valence-electron chi connectivity index (χ3n) is 3.03. The van der Waals surface area contributed by atoms with Crippen LogP contribution in [0.3, 0.4) is 0 Å². The van der Waals surface area contributed by atoms with E-state index in [9.17, 15) is 8.42 Å². The van der Waals surface area contributed by atoms with Crippen molar-refractivity contribution in [2.45, 2.75) is 9.79 Å². The molecule has 1 heterocycles. The van der Waals surface area contributed by atoms with Crippen LogP contribution in [0.1, 0.15) is 0 Å². The monoisotopic (exact) mass is 415 g/mol. The third kappa shape index (κ3) is 4.01. The van der Waals surface area contributed by atoms with Gasteiger partial charge in [0, 0.05) is 0 Å². The highest BCUT2D eigenvalue weighted by molar-refractivity contribution is 7.91. The first-order valence-electron chi connectivity index (χ1n) is 6.71. The summed E-state index contributed by atoms with van der Waals surface area (Å²) in [6, 6.07) is 11.8. The fraction of sp³-hybridized carbons (Fsp3) is 0. The molecule has 0 saturated heterocycles. The molecule has 0 bridgehead atoms. The Bertz CT molecular complexity index is 1010. The van der Waals surface area contributed by atoms with Crippen LogP contribution in [-0.4, -0.2) is 23.4 Å². The molecule has 128 valence electrons. The molecule has 10 heteroatoms. The maximum Gasteiger partial charge on any atom is 0.327 e. The second-order valence-electron chi connectivity index (χ2n) is 4.66. The van der Waals surface area contributed by atoms with E-state index in [0.29, 0.717) is 5.75 Å². The number of aromatic nitrogens is 3. The highest BCUT2D eigenvalue weighted by Crippen LogP contribution is 2.29. The van der Waals surface area contributed by atoms with E-state index in [1.807, 2.05) is 0 Å². The molecule has 0 aliphatic heterocycles. The van der Waals surface area contributed by atoms with Gasteiger partial charge in [-0.05, 0) is 59.6 Å². The Kier molecular flexibility index (Phi) is 5.10. The van der Waals surface area contributed by atoms with Crippen molar-refractivity contribution in [2.75, 3.05) is 0 Å². The minimum absolute atomic E-state index is 0.0290. The molecule has 1 aromatic heterocycles. The van der Waals surface area contributed by atoms with Gasteiger partial charge < -0.3 is 4.74 Å². The van der Waals surface area contributed by atoms with Crippen LogP contribution < -0.4 is 4.74 Å². The van der Waals surface area contributed by atoms with Gasteiger partial charge in [-0.25, -0.2) is 8.42 Å². The fourth-order valence-electron chi connectivity index (χ4n) is 1.94. The average Bonchev–Trinajstić information content (AvgIpc) is 2.54. The minimum atomic E-state index is -3.74. The van der Waals surface area contributed by atoms with Crippen LogP contribution in [-0.2, 0) is 9.84 Å². The van der Waals surface area contributed by atoms with Crippen molar-refractivity contribution in [1.29, 1.82) is 0 Å². The quantitative estimate of drug-likeness (QED) is 0.624. The van der Waals surface area contributed by atoms with Gasteiger partial charge in [0.05, 0.1) is 14.8 Å². The fourth-order valence-corrected chi connectivity index (χ4v) is 4.06. The highest BCUT2D eigenvalue weighted by Gasteiger charge is 2.20. The first-order valence-corrected chi connectivity index (χ1v) is 9.32. The van der Waals surface area contributed by atoms with Crippen LogP contribution in [0.4, 0.5) is 0 Å². The van der Waals surface area contributed by atoms with Crippen LogP contribution >= 0.6 is 34.8 Å². The second kappa shape index (κ2) is 7.13. The summed E-state index contributed by atoms with van der Waals surface area (Å²) in [6.45, 7) is 0. The summed E-state index contributed by atoms with van der Waals surface area (Å²) in [5, 5.41) is -0.0851. The van der Waals surface area contributed by atoms with Gasteiger partial charge in [0.1, 0.15) is 5.75 Å². The molecule has 0 aliphatic carbocycles. The lowest BCUT2D eigenvalue weighted by Gasteiger charge is -2.08. The minimum Gasteiger partial charge on any atom is -0.424 e. The van der Waals surface area contributed by atoms with Crippen molar-refractivity contribution in [1.82, 2.24) is 15.0 Å². The van der Waals surface area contributed by atoms with E-state index in [1.165, 1.54) is 36.4 Å². The number of hydrogen-bond donors (Lipinski definition) is 0. The number of ether oxygens (including phenoxy) is 1. The molecule has 25 heavy (non-hydrogen) atoms. The van der Waals surface area contributed by atoms with Gasteiger partial charge in [0.15, 0.2) is 0 Å². The molecule has 0 unspecified atom stereocenters. The summed E-state index contributed by atoms with van der Waals surface area (Å²) in [5.74, 6) is 0.302. The topological polar surface area (TPSA) is 82.0 Å². The zero-order chi connectivity index (χ0) is 18.0. The number of benzene rings is 2. The first kappa shape index (κ1) is 17.9. The summed E-state index contributed by atoms with van der Waals surface area (Å²) in [6.07, 6.45) is 0. The smallest absolute Gasteiger partial charge is 0.327 e. The SMILES string of the molecule is O=S(=O)(c1ccc(Oc2nc(Cl)nc(Cl)n2)cc1)c1ccccc1Cl. The van der Waals surface area contributed by atoms with E-state index in [0.717, 1.165) is 0 Å². The standard InChI is InChI=1S/C15H8Cl3N3O3S/c16-11-3-1-2-4-12(11)25(22,23)10-7-5-9(6-8-10)24-15-20-13(17)19-14(18)21-15/h1-8H. The molecule has 0 N–H and O–H groups in total. The second-order valence-corrected chi connectivity index (χ2v) is 7.66. The van der Waals surface area contributed by atoms with E-state index in [1.54, 1.807) is 12.1 Å². The number of rotatable bonds is 4. The molecule has 6 nitrogen and oxygen atoms in total. The van der Waals surface area contributed by atoms with Crippen LogP contribution in [0.5, 0.6) is 11.8 Å². The molecule has 0 aliphatic rings. The Morgan fingerprint density at radius 2 is 1.40 bits per heavy atom. The van der Waals surface area contributed by atoms with Crippen molar-refractivity contribution in [2.24, 2.45) is 0 Å². The van der Waals surface area contributed by atoms with E-state index >= 15 is 0 Å². The lowest BCUT2D eigenvalue weighted by molar-refractivity contribution is 0.439. The van der Waals surface area contributed by atoms with Crippen molar-refractivity contribution < 1.29 is 13.2 Å². The predicted octanol–water partition coefficient (Wildman–Crippen LogP) is 4.46. The Morgan fingerprint density at radius 1 is 0.800 bits per heavy atom. The number of sulfone groups is 1. The van der Waals surface area contributed by atoms with Crippen LogP contribution in [0.15, 0.2) is 58.3 Å². The maximum absolute atomic E-state index is 12.6. The Balaban J connectivity index is 1.88. The van der Waals surface area contributed by atoms with E-state index < -0.39 is 9.84 Å².